The highest BCUT2D eigenvalue weighted by molar-refractivity contribution is 5.91. The van der Waals surface area contributed by atoms with Crippen molar-refractivity contribution in [3.8, 4) is 29.0 Å². The smallest absolute Gasteiger partial charge is 0.343 e. The van der Waals surface area contributed by atoms with E-state index in [0.29, 0.717) is 22.8 Å². The lowest BCUT2D eigenvalue weighted by atomic mass is 9.83. The molecule has 0 saturated heterocycles. The van der Waals surface area contributed by atoms with E-state index in [2.05, 4.69) is 16.3 Å². The number of aromatic nitrogens is 2. The minimum atomic E-state index is -0.556. The molecule has 2 heterocycles. The van der Waals surface area contributed by atoms with Crippen molar-refractivity contribution < 1.29 is 14.3 Å². The summed E-state index contributed by atoms with van der Waals surface area (Å²) < 4.78 is 11.3. The van der Waals surface area contributed by atoms with Crippen LogP contribution in [0.4, 0.5) is 0 Å². The van der Waals surface area contributed by atoms with Crippen LogP contribution in [0.1, 0.15) is 33.0 Å². The minimum Gasteiger partial charge on any atom is -0.423 e. The summed E-state index contributed by atoms with van der Waals surface area (Å²) in [6.07, 6.45) is 0. The predicted molar refractivity (Wildman–Crippen MR) is 126 cm³/mol. The second-order valence-corrected chi connectivity index (χ2v) is 7.94. The van der Waals surface area contributed by atoms with Crippen LogP contribution < -0.4 is 15.2 Å². The highest BCUT2D eigenvalue weighted by atomic mass is 16.5. The third-order valence-electron chi connectivity index (χ3n) is 5.69. The molecule has 1 atom stereocenters. The number of ether oxygens (including phenoxy) is 2. The van der Waals surface area contributed by atoms with Gasteiger partial charge in [0.1, 0.15) is 17.4 Å². The number of fused-ring (bicyclic) bond motifs is 1. The number of nitriles is 1. The van der Waals surface area contributed by atoms with Crippen LogP contribution in [0.2, 0.25) is 0 Å². The van der Waals surface area contributed by atoms with E-state index in [4.69, 9.17) is 15.2 Å². The van der Waals surface area contributed by atoms with E-state index in [9.17, 15) is 10.1 Å². The van der Waals surface area contributed by atoms with Gasteiger partial charge in [0.15, 0.2) is 0 Å². The summed E-state index contributed by atoms with van der Waals surface area (Å²) in [7, 11) is 0. The van der Waals surface area contributed by atoms with Crippen LogP contribution in [0, 0.1) is 18.3 Å². The maximum absolute atomic E-state index is 12.6. The Morgan fingerprint density at radius 3 is 2.59 bits per heavy atom. The van der Waals surface area contributed by atoms with E-state index in [1.165, 1.54) is 0 Å². The number of nitrogens with one attached hydrogen (secondary N) is 1. The van der Waals surface area contributed by atoms with E-state index < -0.39 is 11.9 Å². The Labute approximate surface area is 196 Å². The zero-order valence-corrected chi connectivity index (χ0v) is 18.3. The first-order valence-corrected chi connectivity index (χ1v) is 10.6. The van der Waals surface area contributed by atoms with E-state index in [1.54, 1.807) is 42.5 Å². The minimum absolute atomic E-state index is 0.00589. The van der Waals surface area contributed by atoms with E-state index in [-0.39, 0.29) is 11.5 Å². The molecule has 4 aromatic rings. The molecule has 1 aliphatic heterocycles. The predicted octanol–water partition coefficient (Wildman–Crippen LogP) is 4.82. The molecular formula is C27H20N4O3. The molecule has 0 amide bonds. The van der Waals surface area contributed by atoms with Crippen molar-refractivity contribution in [2.45, 2.75) is 12.8 Å². The van der Waals surface area contributed by atoms with Crippen molar-refractivity contribution in [2.75, 3.05) is 0 Å². The highest BCUT2D eigenvalue weighted by Gasteiger charge is 2.35. The van der Waals surface area contributed by atoms with Crippen molar-refractivity contribution >= 4 is 5.97 Å². The lowest BCUT2D eigenvalue weighted by Crippen LogP contribution is -2.21. The van der Waals surface area contributed by atoms with Crippen LogP contribution in [0.25, 0.3) is 11.3 Å². The Kier molecular flexibility index (Phi) is 5.32. The molecule has 7 heteroatoms. The molecule has 1 aromatic heterocycles. The third-order valence-corrected chi connectivity index (χ3v) is 5.69. The normalized spacial score (nSPS) is 14.6. The maximum Gasteiger partial charge on any atom is 0.343 e. The van der Waals surface area contributed by atoms with Gasteiger partial charge in [-0.2, -0.15) is 5.26 Å². The van der Waals surface area contributed by atoms with Gasteiger partial charge >= 0.3 is 5.97 Å². The molecule has 3 aromatic carbocycles. The molecule has 0 saturated carbocycles. The largest absolute Gasteiger partial charge is 0.423 e. The maximum atomic E-state index is 12.6. The molecule has 7 nitrogen and oxygen atoms in total. The number of esters is 1. The number of nitrogens with zero attached hydrogens (tertiary/aromatic N) is 2. The van der Waals surface area contributed by atoms with Crippen molar-refractivity contribution in [3.05, 3.63) is 113 Å². The van der Waals surface area contributed by atoms with Crippen LogP contribution in [-0.2, 0) is 0 Å². The summed E-state index contributed by atoms with van der Waals surface area (Å²) in [6.45, 7) is 2.01. The zero-order valence-electron chi connectivity index (χ0n) is 18.3. The number of carbonyl (C=O) groups is 1. The molecular weight excluding hydrogens is 428 g/mol. The topological polar surface area (TPSA) is 114 Å². The quantitative estimate of drug-likeness (QED) is 0.342. The van der Waals surface area contributed by atoms with Crippen LogP contribution in [0.3, 0.4) is 0 Å². The summed E-state index contributed by atoms with van der Waals surface area (Å²) in [5.41, 5.74) is 11.0. The van der Waals surface area contributed by atoms with Gasteiger partial charge in [-0.1, -0.05) is 60.2 Å². The molecule has 0 bridgehead atoms. The highest BCUT2D eigenvalue weighted by Crippen LogP contribution is 2.46. The molecule has 34 heavy (non-hydrogen) atoms. The van der Waals surface area contributed by atoms with Gasteiger partial charge in [-0.3, -0.25) is 5.10 Å². The second kappa shape index (κ2) is 8.60. The van der Waals surface area contributed by atoms with Gasteiger partial charge in [0.05, 0.1) is 22.7 Å². The first-order valence-electron chi connectivity index (χ1n) is 10.6. The summed E-state index contributed by atoms with van der Waals surface area (Å²) in [6, 6.07) is 26.0. The van der Waals surface area contributed by atoms with Gasteiger partial charge in [-0.15, -0.1) is 5.10 Å². The first kappa shape index (κ1) is 21.0. The Bertz CT molecular complexity index is 1450. The number of rotatable bonds is 4. The molecule has 0 aliphatic carbocycles. The number of carbonyl (C=O) groups excluding carboxylic acids is 1. The van der Waals surface area contributed by atoms with Gasteiger partial charge in [0.2, 0.25) is 11.8 Å². The Morgan fingerprint density at radius 1 is 1.09 bits per heavy atom. The van der Waals surface area contributed by atoms with Crippen LogP contribution in [-0.4, -0.2) is 16.2 Å². The monoisotopic (exact) mass is 448 g/mol. The number of aromatic amines is 1. The van der Waals surface area contributed by atoms with Crippen LogP contribution in [0.15, 0.2) is 90.3 Å². The standard InChI is InChI=1S/C27H20N4O3/c1-16-10-12-17(13-11-16)24-23-22(21(15-28)25(29)34-26(23)31-30-24)19-8-5-9-20(14-19)33-27(32)18-6-3-2-4-7-18/h2-14,22H,29H2,1H3,(H,30,31). The average Bonchev–Trinajstić information content (AvgIpc) is 3.27. The molecule has 166 valence electrons. The lowest BCUT2D eigenvalue weighted by Gasteiger charge is -2.24. The first-order chi connectivity index (χ1) is 16.5. The Morgan fingerprint density at radius 2 is 1.85 bits per heavy atom. The summed E-state index contributed by atoms with van der Waals surface area (Å²) in [5, 5.41) is 17.3. The number of H-pyrrole nitrogens is 1. The van der Waals surface area contributed by atoms with Crippen molar-refractivity contribution in [3.63, 3.8) is 0 Å². The molecule has 5 rings (SSSR count). The molecule has 0 spiro atoms. The van der Waals surface area contributed by atoms with Gasteiger partial charge in [-0.05, 0) is 36.8 Å². The van der Waals surface area contributed by atoms with Gasteiger partial charge in [-0.25, -0.2) is 4.79 Å². The lowest BCUT2D eigenvalue weighted by molar-refractivity contribution is 0.0734. The Balaban J connectivity index is 1.58. The number of hydrogen-bond donors (Lipinski definition) is 2. The molecule has 1 unspecified atom stereocenters. The third kappa shape index (κ3) is 3.78. The summed E-state index contributed by atoms with van der Waals surface area (Å²) in [4.78, 5) is 12.6. The second-order valence-electron chi connectivity index (χ2n) is 7.94. The van der Waals surface area contributed by atoms with Gasteiger partial charge < -0.3 is 15.2 Å². The summed E-state index contributed by atoms with van der Waals surface area (Å²) in [5.74, 6) is -0.364. The fraction of sp³-hybridized carbons (Fsp3) is 0.0741. The number of nitrogens with two attached hydrogens (primary N) is 1. The SMILES string of the molecule is Cc1ccc(-c2[nH]nc3c2C(c2cccc(OC(=O)c4ccccc4)c2)C(C#N)=C(N)O3)cc1. The van der Waals surface area contributed by atoms with Crippen LogP contribution >= 0.6 is 0 Å². The van der Waals surface area contributed by atoms with E-state index in [1.807, 2.05) is 43.3 Å². The van der Waals surface area contributed by atoms with Crippen molar-refractivity contribution in [1.82, 2.24) is 10.2 Å². The van der Waals surface area contributed by atoms with Crippen molar-refractivity contribution in [2.24, 2.45) is 5.73 Å². The number of allylic oxidation sites excluding steroid dienone is 1. The van der Waals surface area contributed by atoms with Gasteiger partial charge in [0, 0.05) is 5.56 Å². The number of benzene rings is 3. The number of aryl methyl sites for hydroxylation is 1. The molecule has 1 aliphatic rings. The summed E-state index contributed by atoms with van der Waals surface area (Å²) >= 11 is 0. The zero-order chi connectivity index (χ0) is 23.7. The number of hydrogen-bond acceptors (Lipinski definition) is 6. The fourth-order valence-corrected chi connectivity index (χ4v) is 4.02. The molecule has 3 N–H and O–H groups in total. The fourth-order valence-electron chi connectivity index (χ4n) is 4.02. The van der Waals surface area contributed by atoms with E-state index in [0.717, 1.165) is 22.4 Å². The molecule has 0 fully saturated rings. The van der Waals surface area contributed by atoms with E-state index >= 15 is 0 Å². The van der Waals surface area contributed by atoms with Crippen LogP contribution in [0.5, 0.6) is 11.6 Å². The van der Waals surface area contributed by atoms with Gasteiger partial charge in [0.25, 0.3) is 0 Å². The van der Waals surface area contributed by atoms with Crippen molar-refractivity contribution in [1.29, 1.82) is 5.26 Å². The Hall–Kier alpha value is -4.83. The average molecular weight is 448 g/mol. The molecule has 0 radical (unpaired) electrons.